The Hall–Kier alpha value is -1.70. The number of hydrogen-bond donors (Lipinski definition) is 2. The Bertz CT molecular complexity index is 655. The molecule has 0 aromatic carbocycles. The summed E-state index contributed by atoms with van der Waals surface area (Å²) in [6.07, 6.45) is 28.5. The first-order valence-corrected chi connectivity index (χ1v) is 16.1. The number of carboxylic acids is 1. The first-order valence-electron chi connectivity index (χ1n) is 16.1. The lowest BCUT2D eigenvalue weighted by Crippen LogP contribution is -2.49. The Morgan fingerprint density at radius 3 is 1.62 bits per heavy atom. The first-order chi connectivity index (χ1) is 18.9. The maximum Gasteiger partial charge on any atom is 0.219 e. The molecule has 0 rings (SSSR count). The van der Waals surface area contributed by atoms with Crippen molar-refractivity contribution in [3.05, 3.63) is 24.3 Å². The first kappa shape index (κ1) is 40.4. The number of nitrogens with one attached hydrogen (secondary N) is 1. The summed E-state index contributed by atoms with van der Waals surface area (Å²) >= 11 is 0. The van der Waals surface area contributed by atoms with Gasteiger partial charge in [-0.15, -0.1) is 0 Å². The van der Waals surface area contributed by atoms with Gasteiger partial charge in [0.25, 0.3) is 0 Å². The van der Waals surface area contributed by atoms with Gasteiger partial charge in [0.2, 0.25) is 5.91 Å². The lowest BCUT2D eigenvalue weighted by atomic mass is 10.1. The van der Waals surface area contributed by atoms with Crippen molar-refractivity contribution in [3.8, 4) is 0 Å². The summed E-state index contributed by atoms with van der Waals surface area (Å²) in [7, 11) is 7.38. The van der Waals surface area contributed by atoms with Crippen molar-refractivity contribution < 1.29 is 29.0 Å². The molecule has 0 saturated carbocycles. The topological polar surface area (TPSA) is 89.5 Å². The number of unbranched alkanes of at least 4 members (excludes halogenated alkanes) is 11. The standard InChI is InChI=1S/C19H36N2O3.C14H30NO/c1-4-5-6-7-8-9-10-11-12-14-18(22)20-15-13-16-21(2,3)17-19(23)24;1-4-5-6-7-8-9-10-11-12-13-14-15(2,3)16/h5-6H,4,7-17H2,1-3H3,(H-,20,22,23,24);5-6,16H,4,7-14H2,1-3H3/q;+1/b2*6-5+. The van der Waals surface area contributed by atoms with Crippen LogP contribution in [0.4, 0.5) is 0 Å². The molecule has 7 heteroatoms. The minimum Gasteiger partial charge on any atom is -0.544 e. The van der Waals surface area contributed by atoms with Crippen molar-refractivity contribution in [2.24, 2.45) is 0 Å². The van der Waals surface area contributed by atoms with Gasteiger partial charge < -0.3 is 19.7 Å². The molecule has 0 aliphatic heterocycles. The maximum atomic E-state index is 11.7. The number of hydroxylamine groups is 3. The zero-order valence-corrected chi connectivity index (χ0v) is 27.2. The van der Waals surface area contributed by atoms with Crippen LogP contribution in [-0.4, -0.2) is 80.6 Å². The molecule has 236 valence electrons. The molecule has 0 aliphatic rings. The minimum absolute atomic E-state index is 0.00216. The van der Waals surface area contributed by atoms with E-state index in [-0.39, 0.29) is 17.1 Å². The molecule has 0 heterocycles. The Kier molecular flexibility index (Phi) is 27.8. The van der Waals surface area contributed by atoms with Crippen LogP contribution < -0.4 is 10.4 Å². The van der Waals surface area contributed by atoms with Crippen LogP contribution >= 0.6 is 0 Å². The molecule has 0 aromatic rings. The number of amides is 1. The normalized spacial score (nSPS) is 12.1. The number of likely N-dealkylation sites (N-methyl/N-ethyl adjacent to an activating group) is 1. The number of rotatable bonds is 25. The van der Waals surface area contributed by atoms with Gasteiger partial charge in [0.05, 0.1) is 40.7 Å². The predicted octanol–water partition coefficient (Wildman–Crippen LogP) is 6.16. The quantitative estimate of drug-likeness (QED) is 0.0597. The summed E-state index contributed by atoms with van der Waals surface area (Å²) < 4.78 is 0.494. The number of carbonyl (C=O) groups excluding carboxylic acids is 2. The Labute approximate surface area is 247 Å². The summed E-state index contributed by atoms with van der Waals surface area (Å²) in [5, 5.41) is 23.0. The summed E-state index contributed by atoms with van der Waals surface area (Å²) in [5.41, 5.74) is 0. The molecule has 1 amide bonds. The number of aliphatic carboxylic acids is 1. The van der Waals surface area contributed by atoms with Crippen molar-refractivity contribution in [1.29, 1.82) is 0 Å². The summed E-state index contributed by atoms with van der Waals surface area (Å²) in [4.78, 5) is 22.3. The molecule has 7 nitrogen and oxygen atoms in total. The van der Waals surface area contributed by atoms with Crippen LogP contribution in [0, 0.1) is 0 Å². The monoisotopic (exact) mass is 569 g/mol. The lowest BCUT2D eigenvalue weighted by Gasteiger charge is -2.30. The third-order valence-electron chi connectivity index (χ3n) is 6.73. The maximum absolute atomic E-state index is 11.7. The fraction of sp³-hybridized carbons (Fsp3) is 0.818. The van der Waals surface area contributed by atoms with Gasteiger partial charge in [-0.2, -0.15) is 4.65 Å². The number of carboxylic acid groups (broad SMARTS) is 1. The van der Waals surface area contributed by atoms with Gasteiger partial charge in [-0.1, -0.05) is 76.7 Å². The van der Waals surface area contributed by atoms with E-state index in [0.717, 1.165) is 45.1 Å². The van der Waals surface area contributed by atoms with E-state index in [1.165, 1.54) is 64.2 Å². The number of nitrogens with zero attached hydrogens (tertiary/aromatic N) is 2. The van der Waals surface area contributed by atoms with E-state index in [1.54, 1.807) is 0 Å². The van der Waals surface area contributed by atoms with Crippen LogP contribution in [0.3, 0.4) is 0 Å². The van der Waals surface area contributed by atoms with Gasteiger partial charge in [0, 0.05) is 19.4 Å². The van der Waals surface area contributed by atoms with E-state index >= 15 is 0 Å². The Balaban J connectivity index is 0. The molecule has 0 atom stereocenters. The predicted molar refractivity (Wildman–Crippen MR) is 167 cm³/mol. The second kappa shape index (κ2) is 27.5. The third kappa shape index (κ3) is 36.3. The highest BCUT2D eigenvalue weighted by atomic mass is 16.5. The molecule has 0 spiro atoms. The Morgan fingerprint density at radius 1 is 0.675 bits per heavy atom. The Morgan fingerprint density at radius 2 is 1.15 bits per heavy atom. The molecule has 0 unspecified atom stereocenters. The van der Waals surface area contributed by atoms with E-state index in [2.05, 4.69) is 43.5 Å². The molecule has 0 radical (unpaired) electrons. The second-order valence-electron chi connectivity index (χ2n) is 12.2. The van der Waals surface area contributed by atoms with E-state index in [4.69, 9.17) is 0 Å². The molecular formula is C33H66N3O4+. The molecular weight excluding hydrogens is 502 g/mol. The molecule has 0 bridgehead atoms. The van der Waals surface area contributed by atoms with Crippen molar-refractivity contribution in [2.45, 2.75) is 123 Å². The number of quaternary nitrogens is 2. The van der Waals surface area contributed by atoms with Crippen LogP contribution in [0.25, 0.3) is 0 Å². The van der Waals surface area contributed by atoms with Crippen LogP contribution in [0.2, 0.25) is 0 Å². The van der Waals surface area contributed by atoms with Crippen molar-refractivity contribution >= 4 is 11.9 Å². The number of carbonyl (C=O) groups is 2. The van der Waals surface area contributed by atoms with Gasteiger partial charge in [-0.25, -0.2) is 5.21 Å². The van der Waals surface area contributed by atoms with Gasteiger partial charge in [-0.05, 0) is 57.8 Å². The van der Waals surface area contributed by atoms with Crippen molar-refractivity contribution in [3.63, 3.8) is 0 Å². The average Bonchev–Trinajstić information content (AvgIpc) is 2.86. The molecule has 0 saturated heterocycles. The van der Waals surface area contributed by atoms with Gasteiger partial charge in [0.1, 0.15) is 13.1 Å². The summed E-state index contributed by atoms with van der Waals surface area (Å²) in [6.45, 7) is 6.52. The molecule has 2 N–H and O–H groups in total. The zero-order valence-electron chi connectivity index (χ0n) is 27.2. The third-order valence-corrected chi connectivity index (χ3v) is 6.73. The van der Waals surface area contributed by atoms with Crippen LogP contribution in [0.1, 0.15) is 123 Å². The highest BCUT2D eigenvalue weighted by Gasteiger charge is 2.14. The molecule has 0 fully saturated rings. The fourth-order valence-corrected chi connectivity index (χ4v) is 4.37. The minimum atomic E-state index is -1.04. The smallest absolute Gasteiger partial charge is 0.219 e. The lowest BCUT2D eigenvalue weighted by molar-refractivity contribution is -1.07. The van der Waals surface area contributed by atoms with Crippen molar-refractivity contribution in [2.75, 3.05) is 54.4 Å². The fourth-order valence-electron chi connectivity index (χ4n) is 4.37. The molecule has 0 aliphatic carbocycles. The highest BCUT2D eigenvalue weighted by Crippen LogP contribution is 2.09. The van der Waals surface area contributed by atoms with Crippen LogP contribution in [0.5, 0.6) is 0 Å². The molecule has 0 aromatic heterocycles. The average molecular weight is 569 g/mol. The van der Waals surface area contributed by atoms with E-state index in [9.17, 15) is 19.9 Å². The van der Waals surface area contributed by atoms with Crippen molar-refractivity contribution in [1.82, 2.24) is 5.32 Å². The SMILES string of the molecule is CC/C=C/CCCCCCCC(=O)NCCC[N+](C)(C)CC(=O)[O-].CC/C=C/CCCCCCCC[N+](C)(C)O. The largest absolute Gasteiger partial charge is 0.544 e. The van der Waals surface area contributed by atoms with Crippen LogP contribution in [0.15, 0.2) is 24.3 Å². The van der Waals surface area contributed by atoms with E-state index in [0.29, 0.717) is 24.0 Å². The van der Waals surface area contributed by atoms with E-state index in [1.807, 2.05) is 28.2 Å². The van der Waals surface area contributed by atoms with Gasteiger partial charge >= 0.3 is 0 Å². The summed E-state index contributed by atoms with van der Waals surface area (Å²) in [6, 6.07) is 0. The van der Waals surface area contributed by atoms with E-state index < -0.39 is 5.97 Å². The second-order valence-corrected chi connectivity index (χ2v) is 12.2. The highest BCUT2D eigenvalue weighted by molar-refractivity contribution is 5.75. The molecule has 40 heavy (non-hydrogen) atoms. The van der Waals surface area contributed by atoms with Gasteiger partial charge in [-0.3, -0.25) is 4.79 Å². The zero-order chi connectivity index (χ0) is 30.5. The number of allylic oxidation sites excluding steroid dienone is 4. The van der Waals surface area contributed by atoms with Gasteiger partial charge in [0.15, 0.2) is 0 Å². The number of hydrogen-bond acceptors (Lipinski definition) is 4. The van der Waals surface area contributed by atoms with Crippen LogP contribution in [-0.2, 0) is 9.59 Å². The summed E-state index contributed by atoms with van der Waals surface area (Å²) in [5.74, 6) is -0.934.